The number of carboxylic acid groups (broad SMARTS) is 1. The molecule has 0 fully saturated rings. The van der Waals surface area contributed by atoms with Gasteiger partial charge in [0.2, 0.25) is 21.8 Å². The molecule has 0 bridgehead atoms. The minimum atomic E-state index is -4.20. The second-order valence-corrected chi connectivity index (χ2v) is 10.9. The zero-order valence-corrected chi connectivity index (χ0v) is 22.6. The molecule has 0 spiro atoms. The summed E-state index contributed by atoms with van der Waals surface area (Å²) in [4.78, 5) is 23.9. The van der Waals surface area contributed by atoms with Gasteiger partial charge in [0.15, 0.2) is 5.69 Å². The molecule has 39 heavy (non-hydrogen) atoms. The van der Waals surface area contributed by atoms with E-state index in [1.54, 1.807) is 38.1 Å². The number of anilines is 1. The van der Waals surface area contributed by atoms with Crippen LogP contribution in [-0.4, -0.2) is 35.2 Å². The molecular formula is C27H28N4O7S. The lowest BCUT2D eigenvalue weighted by atomic mass is 10.2. The van der Waals surface area contributed by atoms with Crippen molar-refractivity contribution in [2.24, 2.45) is 5.92 Å². The number of furan rings is 1. The Hall–Kier alpha value is -4.42. The topological polar surface area (TPSA) is 153 Å². The van der Waals surface area contributed by atoms with E-state index in [0.29, 0.717) is 11.4 Å². The maximum absolute atomic E-state index is 13.4. The Morgan fingerprint density at radius 2 is 1.82 bits per heavy atom. The first-order valence-electron chi connectivity index (χ1n) is 12.0. The van der Waals surface area contributed by atoms with Crippen molar-refractivity contribution < 1.29 is 32.3 Å². The van der Waals surface area contributed by atoms with Crippen LogP contribution in [0.4, 0.5) is 5.69 Å². The lowest BCUT2D eigenvalue weighted by Crippen LogP contribution is -2.24. The van der Waals surface area contributed by atoms with E-state index < -0.39 is 16.0 Å². The minimum Gasteiger partial charge on any atom is -0.476 e. The number of carboxylic acids is 1. The summed E-state index contributed by atoms with van der Waals surface area (Å²) in [7, 11) is -4.20. The predicted octanol–water partition coefficient (Wildman–Crippen LogP) is 4.65. The van der Waals surface area contributed by atoms with Crippen LogP contribution in [0.2, 0.25) is 0 Å². The molecule has 2 aromatic carbocycles. The van der Waals surface area contributed by atoms with Gasteiger partial charge in [-0.25, -0.2) is 17.9 Å². The van der Waals surface area contributed by atoms with E-state index in [0.717, 1.165) is 5.56 Å². The Kier molecular flexibility index (Phi) is 7.88. The molecule has 0 unspecified atom stereocenters. The number of aromatic nitrogens is 2. The molecule has 0 saturated carbocycles. The number of rotatable bonds is 10. The van der Waals surface area contributed by atoms with E-state index in [1.165, 1.54) is 36.1 Å². The summed E-state index contributed by atoms with van der Waals surface area (Å²) in [5, 5.41) is 16.6. The number of hydrogen-bond donors (Lipinski definition) is 3. The van der Waals surface area contributed by atoms with Gasteiger partial charge in [0, 0.05) is 17.2 Å². The summed E-state index contributed by atoms with van der Waals surface area (Å²) < 4.78 is 42.0. The fraction of sp³-hybridized carbons (Fsp3) is 0.222. The largest absolute Gasteiger partial charge is 0.476 e. The van der Waals surface area contributed by atoms with Gasteiger partial charge in [0.05, 0.1) is 18.5 Å². The average Bonchev–Trinajstić information content (AvgIpc) is 3.52. The molecule has 4 aromatic rings. The fourth-order valence-electron chi connectivity index (χ4n) is 3.59. The highest BCUT2D eigenvalue weighted by Gasteiger charge is 2.27. The molecule has 0 radical (unpaired) electrons. The van der Waals surface area contributed by atoms with Crippen LogP contribution >= 0.6 is 0 Å². The zero-order chi connectivity index (χ0) is 28.3. The number of amides is 1. The molecule has 11 nitrogen and oxygen atoms in total. The molecule has 0 saturated heterocycles. The monoisotopic (exact) mass is 552 g/mol. The zero-order valence-electron chi connectivity index (χ0n) is 21.8. The number of sulfonamides is 1. The van der Waals surface area contributed by atoms with Crippen LogP contribution in [0.25, 0.3) is 5.69 Å². The summed E-state index contributed by atoms with van der Waals surface area (Å²) in [5.74, 6) is -1.57. The van der Waals surface area contributed by atoms with E-state index in [4.69, 9.17) is 9.15 Å². The van der Waals surface area contributed by atoms with Crippen molar-refractivity contribution in [1.29, 1.82) is 0 Å². The summed E-state index contributed by atoms with van der Waals surface area (Å²) in [6.07, 6.45) is 1.43. The highest BCUT2D eigenvalue weighted by Crippen LogP contribution is 2.35. The second-order valence-electron chi connectivity index (χ2n) is 9.14. The van der Waals surface area contributed by atoms with E-state index >= 15 is 0 Å². The van der Waals surface area contributed by atoms with Crippen LogP contribution in [0, 0.1) is 19.8 Å². The Bertz CT molecular complexity index is 1610. The first-order valence-corrected chi connectivity index (χ1v) is 13.5. The van der Waals surface area contributed by atoms with Crippen LogP contribution in [0.15, 0.2) is 70.2 Å². The standard InChI is InChI=1S/C27H28N4O7S/c1-16(2)25(32)29-19-9-12-22(23(14-19)39(35,36)28-15-21-6-5-13-37-21)38-26-18(4)24(27(33)34)30-31(26)20-10-7-17(3)8-11-20/h5-14,16,28H,15H2,1-4H3,(H,29,32)(H,33,34). The van der Waals surface area contributed by atoms with Crippen molar-refractivity contribution in [2.45, 2.75) is 39.1 Å². The maximum Gasteiger partial charge on any atom is 0.356 e. The molecule has 1 amide bonds. The fourth-order valence-corrected chi connectivity index (χ4v) is 4.74. The van der Waals surface area contributed by atoms with E-state index in [-0.39, 0.29) is 51.8 Å². The molecule has 12 heteroatoms. The van der Waals surface area contributed by atoms with Crippen molar-refractivity contribution in [2.75, 3.05) is 5.32 Å². The van der Waals surface area contributed by atoms with Gasteiger partial charge in [-0.3, -0.25) is 4.79 Å². The van der Waals surface area contributed by atoms with Crippen LogP contribution in [0.1, 0.15) is 41.2 Å². The summed E-state index contributed by atoms with van der Waals surface area (Å²) in [5.41, 5.74) is 1.71. The van der Waals surface area contributed by atoms with Gasteiger partial charge in [-0.05, 0) is 56.3 Å². The highest BCUT2D eigenvalue weighted by atomic mass is 32.2. The quantitative estimate of drug-likeness (QED) is 0.257. The first kappa shape index (κ1) is 27.6. The SMILES string of the molecule is Cc1ccc(-n2nc(C(=O)O)c(C)c2Oc2ccc(NC(=O)C(C)C)cc2S(=O)(=O)NCc2ccco2)cc1. The molecule has 2 heterocycles. The predicted molar refractivity (Wildman–Crippen MR) is 143 cm³/mol. The molecule has 0 aliphatic rings. The van der Waals surface area contributed by atoms with Crippen molar-refractivity contribution in [3.05, 3.63) is 83.4 Å². The number of carbonyl (C=O) groups excluding carboxylic acids is 1. The molecular weight excluding hydrogens is 524 g/mol. The normalized spacial score (nSPS) is 11.5. The number of aryl methyl sites for hydroxylation is 1. The lowest BCUT2D eigenvalue weighted by molar-refractivity contribution is -0.118. The Balaban J connectivity index is 1.80. The van der Waals surface area contributed by atoms with Crippen LogP contribution < -0.4 is 14.8 Å². The number of nitrogens with zero attached hydrogens (tertiary/aromatic N) is 2. The third kappa shape index (κ3) is 6.19. The van der Waals surface area contributed by atoms with Gasteiger partial charge < -0.3 is 19.6 Å². The number of hydrogen-bond acceptors (Lipinski definition) is 7. The van der Waals surface area contributed by atoms with E-state index in [9.17, 15) is 23.1 Å². The van der Waals surface area contributed by atoms with Gasteiger partial charge >= 0.3 is 5.97 Å². The number of ether oxygens (including phenoxy) is 1. The lowest BCUT2D eigenvalue weighted by Gasteiger charge is -2.16. The number of nitrogens with one attached hydrogen (secondary N) is 2. The van der Waals surface area contributed by atoms with Crippen molar-refractivity contribution in [3.63, 3.8) is 0 Å². The Labute approximate surface area is 225 Å². The summed E-state index contributed by atoms with van der Waals surface area (Å²) in [6.45, 7) is 6.73. The van der Waals surface area contributed by atoms with Crippen LogP contribution in [0.3, 0.4) is 0 Å². The molecule has 0 aliphatic carbocycles. The van der Waals surface area contributed by atoms with E-state index in [1.807, 2.05) is 19.1 Å². The summed E-state index contributed by atoms with van der Waals surface area (Å²) >= 11 is 0. The molecule has 2 aromatic heterocycles. The molecule has 3 N–H and O–H groups in total. The Morgan fingerprint density at radius 3 is 2.44 bits per heavy atom. The maximum atomic E-state index is 13.4. The average molecular weight is 553 g/mol. The minimum absolute atomic E-state index is 0.0257. The van der Waals surface area contributed by atoms with Crippen molar-refractivity contribution >= 4 is 27.6 Å². The Morgan fingerprint density at radius 1 is 1.10 bits per heavy atom. The first-order chi connectivity index (χ1) is 18.5. The van der Waals surface area contributed by atoms with Crippen LogP contribution in [-0.2, 0) is 21.4 Å². The van der Waals surface area contributed by atoms with Crippen molar-refractivity contribution in [1.82, 2.24) is 14.5 Å². The highest BCUT2D eigenvalue weighted by molar-refractivity contribution is 7.89. The number of aromatic carboxylic acids is 1. The van der Waals surface area contributed by atoms with E-state index in [2.05, 4.69) is 15.1 Å². The smallest absolute Gasteiger partial charge is 0.356 e. The van der Waals surface area contributed by atoms with Gasteiger partial charge in [-0.15, -0.1) is 0 Å². The van der Waals surface area contributed by atoms with Gasteiger partial charge in [0.25, 0.3) is 0 Å². The molecule has 0 atom stereocenters. The third-order valence-electron chi connectivity index (χ3n) is 5.80. The van der Waals surface area contributed by atoms with Gasteiger partial charge in [-0.2, -0.15) is 9.78 Å². The van der Waals surface area contributed by atoms with Gasteiger partial charge in [-0.1, -0.05) is 31.5 Å². The molecule has 0 aliphatic heterocycles. The van der Waals surface area contributed by atoms with Crippen molar-refractivity contribution in [3.8, 4) is 17.3 Å². The number of carbonyl (C=O) groups is 2. The second kappa shape index (κ2) is 11.1. The summed E-state index contributed by atoms with van der Waals surface area (Å²) in [6, 6.07) is 14.6. The number of benzene rings is 2. The van der Waals surface area contributed by atoms with Crippen LogP contribution in [0.5, 0.6) is 11.6 Å². The molecule has 204 valence electrons. The molecule has 4 rings (SSSR count). The third-order valence-corrected chi connectivity index (χ3v) is 7.22. The van der Waals surface area contributed by atoms with Gasteiger partial charge in [0.1, 0.15) is 16.4 Å².